The lowest BCUT2D eigenvalue weighted by Gasteiger charge is -2.27. The van der Waals surface area contributed by atoms with Crippen molar-refractivity contribution in [1.29, 1.82) is 0 Å². The molecule has 0 aromatic heterocycles. The molecule has 1 aliphatic carbocycles. The van der Waals surface area contributed by atoms with Crippen molar-refractivity contribution in [2.75, 3.05) is 24.6 Å². The highest BCUT2D eigenvalue weighted by Gasteiger charge is 2.23. The summed E-state index contributed by atoms with van der Waals surface area (Å²) in [5.74, 6) is 0.659. The zero-order valence-corrected chi connectivity index (χ0v) is 10.4. The number of nitrogens with zero attached hydrogens (tertiary/aromatic N) is 3. The van der Waals surface area contributed by atoms with Gasteiger partial charge in [0.05, 0.1) is 17.5 Å². The highest BCUT2D eigenvalue weighted by atomic mass is 32.2. The molecule has 96 valence electrons. The van der Waals surface area contributed by atoms with Crippen molar-refractivity contribution < 1.29 is 8.42 Å². The summed E-state index contributed by atoms with van der Waals surface area (Å²) in [6, 6.07) is 0.299. The van der Waals surface area contributed by atoms with Gasteiger partial charge >= 0.3 is 0 Å². The van der Waals surface area contributed by atoms with Crippen LogP contribution in [0.4, 0.5) is 0 Å². The molecule has 0 atom stereocenters. The minimum Gasteiger partial charge on any atom is -0.369 e. The van der Waals surface area contributed by atoms with Crippen molar-refractivity contribution >= 4 is 21.8 Å². The van der Waals surface area contributed by atoms with Gasteiger partial charge in [-0.05, 0) is 12.8 Å². The number of hydrogen-bond acceptors (Lipinski definition) is 3. The normalized spacial score (nSPS) is 26.0. The Balaban J connectivity index is 1.95. The van der Waals surface area contributed by atoms with E-state index in [1.54, 1.807) is 4.90 Å². The smallest absolute Gasteiger partial charge is 0.218 e. The van der Waals surface area contributed by atoms with E-state index in [0.717, 1.165) is 12.8 Å². The molecule has 1 saturated carbocycles. The van der Waals surface area contributed by atoms with Gasteiger partial charge < -0.3 is 16.4 Å². The van der Waals surface area contributed by atoms with E-state index in [-0.39, 0.29) is 23.4 Å². The van der Waals surface area contributed by atoms with E-state index in [1.807, 2.05) is 0 Å². The molecule has 17 heavy (non-hydrogen) atoms. The van der Waals surface area contributed by atoms with Gasteiger partial charge in [0.1, 0.15) is 0 Å². The highest BCUT2D eigenvalue weighted by molar-refractivity contribution is 7.91. The third-order valence-electron chi connectivity index (χ3n) is 2.76. The van der Waals surface area contributed by atoms with Gasteiger partial charge in [0.2, 0.25) is 5.96 Å². The van der Waals surface area contributed by atoms with E-state index in [9.17, 15) is 8.42 Å². The fraction of sp³-hybridized carbons (Fsp3) is 0.778. The van der Waals surface area contributed by atoms with Gasteiger partial charge in [-0.1, -0.05) is 0 Å². The Hall–Kier alpha value is -1.31. The molecule has 0 spiro atoms. The molecule has 0 aromatic carbocycles. The largest absolute Gasteiger partial charge is 0.369 e. The second kappa shape index (κ2) is 4.52. The van der Waals surface area contributed by atoms with Gasteiger partial charge in [-0.2, -0.15) is 4.99 Å². The van der Waals surface area contributed by atoms with Crippen molar-refractivity contribution in [3.8, 4) is 0 Å². The molecule has 1 aliphatic heterocycles. The second-order valence-corrected chi connectivity index (χ2v) is 6.63. The van der Waals surface area contributed by atoms with Crippen molar-refractivity contribution in [2.24, 2.45) is 21.5 Å². The molecular weight excluding hydrogens is 242 g/mol. The Labute approximate surface area is 101 Å². The first-order valence-electron chi connectivity index (χ1n) is 5.59. The number of nitrogens with two attached hydrogens (primary N) is 2. The predicted octanol–water partition coefficient (Wildman–Crippen LogP) is -1.49. The zero-order valence-electron chi connectivity index (χ0n) is 9.54. The highest BCUT2D eigenvalue weighted by Crippen LogP contribution is 2.23. The SMILES string of the molecule is NC(=NC1CC1)/N=C(\N)N1CCS(=O)(=O)CC1. The topological polar surface area (TPSA) is 114 Å². The number of rotatable bonds is 1. The molecule has 1 heterocycles. The molecule has 2 aliphatic rings. The molecule has 2 fully saturated rings. The Morgan fingerprint density at radius 2 is 1.76 bits per heavy atom. The minimum absolute atomic E-state index is 0.114. The molecule has 0 radical (unpaired) electrons. The van der Waals surface area contributed by atoms with Crippen molar-refractivity contribution in [3.63, 3.8) is 0 Å². The Kier molecular flexibility index (Phi) is 3.23. The molecule has 1 saturated heterocycles. The standard InChI is InChI=1S/C9H17N5O2S/c10-8(12-7-1-2-7)13-9(11)14-3-5-17(15,16)6-4-14/h7H,1-6H2,(H4,10,11,12,13). The van der Waals surface area contributed by atoms with Crippen LogP contribution in [-0.4, -0.2) is 55.9 Å². The zero-order chi connectivity index (χ0) is 12.5. The van der Waals surface area contributed by atoms with E-state index in [4.69, 9.17) is 11.5 Å². The van der Waals surface area contributed by atoms with E-state index >= 15 is 0 Å². The van der Waals surface area contributed by atoms with Crippen LogP contribution in [0.2, 0.25) is 0 Å². The third-order valence-corrected chi connectivity index (χ3v) is 4.37. The quantitative estimate of drug-likeness (QED) is 0.440. The fourth-order valence-corrected chi connectivity index (χ4v) is 2.75. The van der Waals surface area contributed by atoms with Crippen LogP contribution in [0.1, 0.15) is 12.8 Å². The van der Waals surface area contributed by atoms with Crippen LogP contribution < -0.4 is 11.5 Å². The summed E-state index contributed by atoms with van der Waals surface area (Å²) in [7, 11) is -2.90. The first kappa shape index (κ1) is 12.2. The first-order chi connectivity index (χ1) is 7.96. The van der Waals surface area contributed by atoms with Gasteiger partial charge in [0.15, 0.2) is 15.8 Å². The van der Waals surface area contributed by atoms with Crippen molar-refractivity contribution in [3.05, 3.63) is 0 Å². The van der Waals surface area contributed by atoms with Gasteiger partial charge in [-0.3, -0.25) is 0 Å². The fourth-order valence-electron chi connectivity index (χ4n) is 1.55. The van der Waals surface area contributed by atoms with Crippen LogP contribution in [0.15, 0.2) is 9.98 Å². The van der Waals surface area contributed by atoms with Crippen molar-refractivity contribution in [2.45, 2.75) is 18.9 Å². The summed E-state index contributed by atoms with van der Waals surface area (Å²) >= 11 is 0. The average Bonchev–Trinajstić information content (AvgIpc) is 3.01. The van der Waals surface area contributed by atoms with Crippen LogP contribution in [0.25, 0.3) is 0 Å². The number of sulfone groups is 1. The molecule has 8 heteroatoms. The van der Waals surface area contributed by atoms with Crippen LogP contribution in [0, 0.1) is 0 Å². The summed E-state index contributed by atoms with van der Waals surface area (Å²) in [5.41, 5.74) is 11.4. The maximum absolute atomic E-state index is 11.2. The Morgan fingerprint density at radius 3 is 2.29 bits per heavy atom. The number of guanidine groups is 2. The number of aliphatic imine (C=N–C) groups is 2. The van der Waals surface area contributed by atoms with E-state index in [1.165, 1.54) is 0 Å². The summed E-state index contributed by atoms with van der Waals surface area (Å²) in [5, 5.41) is 0. The third kappa shape index (κ3) is 3.58. The lowest BCUT2D eigenvalue weighted by atomic mass is 10.5. The second-order valence-electron chi connectivity index (χ2n) is 4.33. The van der Waals surface area contributed by atoms with Gasteiger partial charge in [0, 0.05) is 13.1 Å². The lowest BCUT2D eigenvalue weighted by Crippen LogP contribution is -2.47. The lowest BCUT2D eigenvalue weighted by molar-refractivity contribution is 0.439. The molecule has 0 amide bonds. The van der Waals surface area contributed by atoms with Gasteiger partial charge in [-0.15, -0.1) is 0 Å². The van der Waals surface area contributed by atoms with Gasteiger partial charge in [-0.25, -0.2) is 13.4 Å². The minimum atomic E-state index is -2.90. The monoisotopic (exact) mass is 259 g/mol. The van der Waals surface area contributed by atoms with E-state index in [0.29, 0.717) is 19.1 Å². The average molecular weight is 259 g/mol. The molecule has 2 rings (SSSR count). The van der Waals surface area contributed by atoms with Crippen molar-refractivity contribution in [1.82, 2.24) is 4.90 Å². The molecule has 4 N–H and O–H groups in total. The summed E-state index contributed by atoms with van der Waals surface area (Å²) in [6.07, 6.45) is 2.11. The summed E-state index contributed by atoms with van der Waals surface area (Å²) < 4.78 is 22.5. The van der Waals surface area contributed by atoms with Crippen LogP contribution in [-0.2, 0) is 9.84 Å². The Bertz CT molecular complexity index is 438. The summed E-state index contributed by atoms with van der Waals surface area (Å²) in [4.78, 5) is 9.83. The number of hydrogen-bond donors (Lipinski definition) is 2. The molecule has 7 nitrogen and oxygen atoms in total. The maximum Gasteiger partial charge on any atom is 0.218 e. The van der Waals surface area contributed by atoms with E-state index in [2.05, 4.69) is 9.98 Å². The molecular formula is C9H17N5O2S. The van der Waals surface area contributed by atoms with Gasteiger partial charge in [0.25, 0.3) is 0 Å². The molecule has 0 unspecified atom stereocenters. The first-order valence-corrected chi connectivity index (χ1v) is 7.41. The Morgan fingerprint density at radius 1 is 1.18 bits per heavy atom. The van der Waals surface area contributed by atoms with Crippen LogP contribution in [0.3, 0.4) is 0 Å². The van der Waals surface area contributed by atoms with E-state index < -0.39 is 9.84 Å². The molecule has 0 bridgehead atoms. The molecule has 0 aromatic rings. The van der Waals surface area contributed by atoms with Crippen LogP contribution >= 0.6 is 0 Å². The summed E-state index contributed by atoms with van der Waals surface area (Å²) in [6.45, 7) is 0.739. The van der Waals surface area contributed by atoms with Crippen LogP contribution in [0.5, 0.6) is 0 Å². The predicted molar refractivity (Wildman–Crippen MR) is 66.5 cm³/mol. The maximum atomic E-state index is 11.2.